The molecule has 6 heteroatoms. The smallest absolute Gasteiger partial charge is 0.220 e. The van der Waals surface area contributed by atoms with Gasteiger partial charge in [-0.25, -0.2) is 8.78 Å². The molecule has 1 atom stereocenters. The maximum absolute atomic E-state index is 13.5. The van der Waals surface area contributed by atoms with E-state index < -0.39 is 23.3 Å². The summed E-state index contributed by atoms with van der Waals surface area (Å²) >= 11 is 0. The molecule has 1 heterocycles. The van der Waals surface area contributed by atoms with Crippen LogP contribution in [-0.2, 0) is 11.2 Å². The van der Waals surface area contributed by atoms with Crippen molar-refractivity contribution < 1.29 is 18.7 Å². The van der Waals surface area contributed by atoms with E-state index in [1.807, 2.05) is 18.2 Å². The highest BCUT2D eigenvalue weighted by Gasteiger charge is 2.18. The molecule has 2 N–H and O–H groups in total. The number of pyridine rings is 1. The van der Waals surface area contributed by atoms with Crippen LogP contribution in [0.1, 0.15) is 30.2 Å². The number of benzene rings is 1. The first kappa shape index (κ1) is 17.0. The van der Waals surface area contributed by atoms with E-state index in [9.17, 15) is 18.7 Å². The average molecular weight is 320 g/mol. The Kier molecular flexibility index (Phi) is 6.17. The minimum Gasteiger partial charge on any atom is -0.386 e. The number of nitrogens with one attached hydrogen (secondary N) is 1. The average Bonchev–Trinajstić information content (AvgIpc) is 2.54. The second-order valence-corrected chi connectivity index (χ2v) is 5.13. The predicted molar refractivity (Wildman–Crippen MR) is 81.5 cm³/mol. The molecule has 1 amide bonds. The molecule has 4 nitrogen and oxygen atoms in total. The molecule has 0 saturated carbocycles. The van der Waals surface area contributed by atoms with Crippen molar-refractivity contribution in [1.29, 1.82) is 0 Å². The van der Waals surface area contributed by atoms with E-state index in [1.165, 1.54) is 6.07 Å². The van der Waals surface area contributed by atoms with E-state index in [0.29, 0.717) is 12.8 Å². The lowest BCUT2D eigenvalue weighted by Gasteiger charge is -2.13. The molecule has 0 aliphatic rings. The van der Waals surface area contributed by atoms with E-state index in [-0.39, 0.29) is 18.9 Å². The zero-order valence-electron chi connectivity index (χ0n) is 12.5. The lowest BCUT2D eigenvalue weighted by Crippen LogP contribution is -2.29. The van der Waals surface area contributed by atoms with Gasteiger partial charge >= 0.3 is 0 Å². The molecule has 0 unspecified atom stereocenters. The van der Waals surface area contributed by atoms with Gasteiger partial charge in [0.05, 0.1) is 5.56 Å². The summed E-state index contributed by atoms with van der Waals surface area (Å²) in [6, 6.07) is 8.92. The highest BCUT2D eigenvalue weighted by Crippen LogP contribution is 2.19. The van der Waals surface area contributed by atoms with E-state index in [1.54, 1.807) is 6.20 Å². The number of aromatic nitrogens is 1. The predicted octanol–water partition coefficient (Wildman–Crippen LogP) is 2.53. The number of aryl methyl sites for hydroxylation is 1. The van der Waals surface area contributed by atoms with Gasteiger partial charge in [-0.15, -0.1) is 0 Å². The number of hydrogen-bond donors (Lipinski definition) is 2. The van der Waals surface area contributed by atoms with Gasteiger partial charge < -0.3 is 10.4 Å². The number of aliphatic hydroxyl groups is 1. The van der Waals surface area contributed by atoms with Crippen LogP contribution in [0.15, 0.2) is 42.6 Å². The number of hydrogen-bond acceptors (Lipinski definition) is 3. The number of halogens is 2. The van der Waals surface area contributed by atoms with E-state index in [2.05, 4.69) is 10.3 Å². The van der Waals surface area contributed by atoms with Gasteiger partial charge in [-0.2, -0.15) is 0 Å². The number of carbonyl (C=O) groups excluding carboxylic acids is 1. The lowest BCUT2D eigenvalue weighted by atomic mass is 10.1. The van der Waals surface area contributed by atoms with Crippen molar-refractivity contribution in [1.82, 2.24) is 10.3 Å². The van der Waals surface area contributed by atoms with Gasteiger partial charge in [-0.05, 0) is 37.1 Å². The Morgan fingerprint density at radius 1 is 1.17 bits per heavy atom. The first-order valence-electron chi connectivity index (χ1n) is 7.36. The summed E-state index contributed by atoms with van der Waals surface area (Å²) < 4.78 is 27.0. The minimum absolute atomic E-state index is 0.236. The largest absolute Gasteiger partial charge is 0.386 e. The fourth-order valence-corrected chi connectivity index (χ4v) is 2.21. The Labute approximate surface area is 133 Å². The van der Waals surface area contributed by atoms with Crippen molar-refractivity contribution in [2.75, 3.05) is 6.54 Å². The highest BCUT2D eigenvalue weighted by molar-refractivity contribution is 5.75. The van der Waals surface area contributed by atoms with Crippen LogP contribution in [0.3, 0.4) is 0 Å². The summed E-state index contributed by atoms with van der Waals surface area (Å²) in [5.74, 6) is -1.94. The molecular weight excluding hydrogens is 302 g/mol. The van der Waals surface area contributed by atoms with Gasteiger partial charge in [0.25, 0.3) is 0 Å². The highest BCUT2D eigenvalue weighted by atomic mass is 19.1. The second-order valence-electron chi connectivity index (χ2n) is 5.13. The third-order valence-electron chi connectivity index (χ3n) is 3.39. The minimum atomic E-state index is -1.42. The molecular formula is C17H18F2N2O2. The molecule has 0 saturated heterocycles. The van der Waals surface area contributed by atoms with Crippen LogP contribution in [0.2, 0.25) is 0 Å². The van der Waals surface area contributed by atoms with Gasteiger partial charge in [0.1, 0.15) is 17.7 Å². The molecule has 1 aromatic heterocycles. The zero-order chi connectivity index (χ0) is 16.7. The summed E-state index contributed by atoms with van der Waals surface area (Å²) in [4.78, 5) is 15.9. The molecule has 0 spiro atoms. The van der Waals surface area contributed by atoms with Crippen LogP contribution < -0.4 is 5.32 Å². The van der Waals surface area contributed by atoms with Crippen LogP contribution in [0.25, 0.3) is 0 Å². The molecule has 2 rings (SSSR count). The van der Waals surface area contributed by atoms with E-state index >= 15 is 0 Å². The maximum Gasteiger partial charge on any atom is 0.220 e. The summed E-state index contributed by atoms with van der Waals surface area (Å²) in [6.45, 7) is -0.236. The standard InChI is InChI=1S/C17H18F2N2O2/c18-13-7-4-8-14(19)17(13)15(22)11-21-16(23)9-3-6-12-5-1-2-10-20-12/h1-2,4-5,7-8,10,15,22H,3,6,9,11H2,(H,21,23)/t15-/m1/s1. The normalized spacial score (nSPS) is 12.0. The Morgan fingerprint density at radius 2 is 1.91 bits per heavy atom. The third kappa shape index (κ3) is 5.10. The first-order chi connectivity index (χ1) is 11.1. The van der Waals surface area contributed by atoms with Crippen molar-refractivity contribution in [2.24, 2.45) is 0 Å². The number of aliphatic hydroxyl groups excluding tert-OH is 1. The molecule has 122 valence electrons. The van der Waals surface area contributed by atoms with Crippen LogP contribution in [0, 0.1) is 11.6 Å². The van der Waals surface area contributed by atoms with E-state index in [4.69, 9.17) is 0 Å². The fourth-order valence-electron chi connectivity index (χ4n) is 2.21. The monoisotopic (exact) mass is 320 g/mol. The Balaban J connectivity index is 1.76. The molecule has 0 radical (unpaired) electrons. The summed E-state index contributed by atoms with van der Waals surface area (Å²) in [6.07, 6.45) is 1.79. The number of amides is 1. The topological polar surface area (TPSA) is 62.2 Å². The van der Waals surface area contributed by atoms with Crippen LogP contribution in [-0.4, -0.2) is 22.5 Å². The SMILES string of the molecule is O=C(CCCc1ccccn1)NC[C@@H](O)c1c(F)cccc1F. The molecule has 0 bridgehead atoms. The Morgan fingerprint density at radius 3 is 2.57 bits per heavy atom. The molecule has 0 aliphatic carbocycles. The second kappa shape index (κ2) is 8.33. The van der Waals surface area contributed by atoms with E-state index in [0.717, 1.165) is 17.8 Å². The Hall–Kier alpha value is -2.34. The van der Waals surface area contributed by atoms with Crippen LogP contribution in [0.4, 0.5) is 8.78 Å². The summed E-state index contributed by atoms with van der Waals surface area (Å²) in [5, 5.41) is 12.3. The molecule has 2 aromatic rings. The van der Waals surface area contributed by atoms with Gasteiger partial charge in [0, 0.05) is 24.9 Å². The van der Waals surface area contributed by atoms with Crippen molar-refractivity contribution in [3.8, 4) is 0 Å². The van der Waals surface area contributed by atoms with Gasteiger partial charge in [0.2, 0.25) is 5.91 Å². The van der Waals surface area contributed by atoms with Gasteiger partial charge in [-0.3, -0.25) is 9.78 Å². The molecule has 0 fully saturated rings. The quantitative estimate of drug-likeness (QED) is 0.824. The summed E-state index contributed by atoms with van der Waals surface area (Å²) in [5.41, 5.74) is 0.468. The van der Waals surface area contributed by atoms with Crippen molar-refractivity contribution in [3.63, 3.8) is 0 Å². The summed E-state index contributed by atoms with van der Waals surface area (Å²) in [7, 11) is 0. The lowest BCUT2D eigenvalue weighted by molar-refractivity contribution is -0.121. The molecule has 1 aromatic carbocycles. The maximum atomic E-state index is 13.5. The Bertz CT molecular complexity index is 630. The van der Waals surface area contributed by atoms with Crippen molar-refractivity contribution in [2.45, 2.75) is 25.4 Å². The number of rotatable bonds is 7. The van der Waals surface area contributed by atoms with Crippen molar-refractivity contribution >= 4 is 5.91 Å². The van der Waals surface area contributed by atoms with Gasteiger partial charge in [-0.1, -0.05) is 12.1 Å². The first-order valence-corrected chi connectivity index (χ1v) is 7.36. The molecule has 0 aliphatic heterocycles. The molecule has 23 heavy (non-hydrogen) atoms. The van der Waals surface area contributed by atoms with Gasteiger partial charge in [0.15, 0.2) is 0 Å². The van der Waals surface area contributed by atoms with Crippen LogP contribution >= 0.6 is 0 Å². The zero-order valence-corrected chi connectivity index (χ0v) is 12.5. The fraction of sp³-hybridized carbons (Fsp3) is 0.294. The third-order valence-corrected chi connectivity index (χ3v) is 3.39. The van der Waals surface area contributed by atoms with Crippen molar-refractivity contribution in [3.05, 3.63) is 65.5 Å². The van der Waals surface area contributed by atoms with Crippen LogP contribution in [0.5, 0.6) is 0 Å². The number of carbonyl (C=O) groups is 1. The number of nitrogens with zero attached hydrogens (tertiary/aromatic N) is 1.